The van der Waals surface area contributed by atoms with Crippen molar-refractivity contribution in [3.63, 3.8) is 0 Å². The van der Waals surface area contributed by atoms with Gasteiger partial charge in [-0.25, -0.2) is 0 Å². The number of pyridine rings is 1. The second kappa shape index (κ2) is 4.53. The van der Waals surface area contributed by atoms with Gasteiger partial charge in [-0.2, -0.15) is 0 Å². The quantitative estimate of drug-likeness (QED) is 0.522. The van der Waals surface area contributed by atoms with Crippen molar-refractivity contribution < 1.29 is 0 Å². The Bertz CT molecular complexity index is 1030. The third-order valence-corrected chi connectivity index (χ3v) is 3.97. The molecule has 0 saturated heterocycles. The van der Waals surface area contributed by atoms with Crippen molar-refractivity contribution in [2.24, 2.45) is 0 Å². The molecule has 1 N–H and O–H groups in total. The maximum absolute atomic E-state index is 5.49. The molecule has 0 aliphatic carbocycles. The van der Waals surface area contributed by atoms with E-state index in [0.717, 1.165) is 27.6 Å². The van der Waals surface area contributed by atoms with E-state index in [2.05, 4.69) is 57.9 Å². The number of aromatic amines is 1. The fraction of sp³-hybridized carbons (Fsp3) is 0.0588. The number of rotatable bonds is 1. The Morgan fingerprint density at radius 1 is 1.10 bits per heavy atom. The van der Waals surface area contributed by atoms with Crippen LogP contribution in [0.5, 0.6) is 0 Å². The first-order chi connectivity index (χ1) is 10.2. The summed E-state index contributed by atoms with van der Waals surface area (Å²) in [5.41, 5.74) is 5.41. The van der Waals surface area contributed by atoms with Crippen LogP contribution in [0.2, 0.25) is 0 Å². The van der Waals surface area contributed by atoms with Crippen molar-refractivity contribution in [3.8, 4) is 5.69 Å². The van der Waals surface area contributed by atoms with Crippen LogP contribution in [0.25, 0.3) is 27.6 Å². The molecule has 0 spiro atoms. The van der Waals surface area contributed by atoms with Crippen molar-refractivity contribution >= 4 is 34.2 Å². The van der Waals surface area contributed by atoms with E-state index >= 15 is 0 Å². The lowest BCUT2D eigenvalue weighted by Crippen LogP contribution is -1.94. The number of hydrogen-bond acceptors (Lipinski definition) is 2. The van der Waals surface area contributed by atoms with Gasteiger partial charge in [-0.1, -0.05) is 12.1 Å². The van der Waals surface area contributed by atoms with E-state index in [-0.39, 0.29) is 0 Å². The van der Waals surface area contributed by atoms with Gasteiger partial charge in [-0.15, -0.1) is 0 Å². The van der Waals surface area contributed by atoms with E-state index in [4.69, 9.17) is 12.2 Å². The summed E-state index contributed by atoms with van der Waals surface area (Å²) in [5.74, 6) is 0. The second-order valence-corrected chi connectivity index (χ2v) is 5.55. The summed E-state index contributed by atoms with van der Waals surface area (Å²) in [7, 11) is 0. The molecule has 102 valence electrons. The second-order valence-electron chi connectivity index (χ2n) is 5.17. The third-order valence-electron chi connectivity index (χ3n) is 3.68. The van der Waals surface area contributed by atoms with Gasteiger partial charge in [0.2, 0.25) is 0 Å². The molecule has 0 radical (unpaired) electrons. The lowest BCUT2D eigenvalue weighted by Gasteiger charge is -2.06. The van der Waals surface area contributed by atoms with Gasteiger partial charge in [-0.05, 0) is 61.1 Å². The smallest absolute Gasteiger partial charge is 0.182 e. The lowest BCUT2D eigenvalue weighted by atomic mass is 10.2. The van der Waals surface area contributed by atoms with Gasteiger partial charge in [0.05, 0.1) is 16.6 Å². The highest BCUT2D eigenvalue weighted by molar-refractivity contribution is 7.71. The summed E-state index contributed by atoms with van der Waals surface area (Å²) in [6.45, 7) is 2.08. The van der Waals surface area contributed by atoms with Gasteiger partial charge < -0.3 is 4.98 Å². The van der Waals surface area contributed by atoms with Crippen LogP contribution in [0.1, 0.15) is 5.56 Å². The highest BCUT2D eigenvalue weighted by Crippen LogP contribution is 2.23. The maximum atomic E-state index is 5.49. The van der Waals surface area contributed by atoms with Gasteiger partial charge in [-0.3, -0.25) is 9.55 Å². The molecular formula is C17H13N3S. The molecule has 0 atom stereocenters. The van der Waals surface area contributed by atoms with Gasteiger partial charge >= 0.3 is 0 Å². The first kappa shape index (κ1) is 12.3. The van der Waals surface area contributed by atoms with E-state index in [1.165, 1.54) is 5.56 Å². The number of nitrogens with zero attached hydrogens (tertiary/aromatic N) is 2. The maximum Gasteiger partial charge on any atom is 0.182 e. The van der Waals surface area contributed by atoms with E-state index in [9.17, 15) is 0 Å². The van der Waals surface area contributed by atoms with Crippen LogP contribution in [-0.2, 0) is 0 Å². The number of aromatic nitrogens is 3. The first-order valence-electron chi connectivity index (χ1n) is 6.79. The van der Waals surface area contributed by atoms with E-state index in [1.807, 2.05) is 18.3 Å². The summed E-state index contributed by atoms with van der Waals surface area (Å²) in [5, 5.41) is 1.11. The molecule has 2 aromatic heterocycles. The van der Waals surface area contributed by atoms with Crippen LogP contribution in [0, 0.1) is 11.7 Å². The molecule has 3 nitrogen and oxygen atoms in total. The Labute approximate surface area is 126 Å². The number of H-pyrrole nitrogens is 1. The van der Waals surface area contributed by atoms with Crippen molar-refractivity contribution in [1.82, 2.24) is 14.5 Å². The van der Waals surface area contributed by atoms with Gasteiger partial charge in [0.1, 0.15) is 0 Å². The Morgan fingerprint density at radius 3 is 2.90 bits per heavy atom. The molecule has 0 saturated carbocycles. The van der Waals surface area contributed by atoms with Crippen LogP contribution in [0.4, 0.5) is 0 Å². The molecule has 21 heavy (non-hydrogen) atoms. The predicted molar refractivity (Wildman–Crippen MR) is 88.5 cm³/mol. The largest absolute Gasteiger partial charge is 0.330 e. The Hall–Kier alpha value is -2.46. The molecule has 2 aromatic carbocycles. The number of imidazole rings is 1. The zero-order valence-corrected chi connectivity index (χ0v) is 12.3. The molecule has 2 heterocycles. The Kier molecular flexibility index (Phi) is 2.65. The van der Waals surface area contributed by atoms with Crippen molar-refractivity contribution in [3.05, 3.63) is 65.1 Å². The fourth-order valence-corrected chi connectivity index (χ4v) is 3.00. The van der Waals surface area contributed by atoms with E-state index < -0.39 is 0 Å². The molecule has 0 aliphatic rings. The third kappa shape index (κ3) is 1.96. The Balaban J connectivity index is 2.03. The van der Waals surface area contributed by atoms with Crippen LogP contribution in [-0.4, -0.2) is 14.5 Å². The van der Waals surface area contributed by atoms with Crippen LogP contribution in [0.15, 0.2) is 54.7 Å². The average Bonchev–Trinajstić information content (AvgIpc) is 2.81. The minimum absolute atomic E-state index is 0.707. The highest BCUT2D eigenvalue weighted by atomic mass is 32.1. The summed E-state index contributed by atoms with van der Waals surface area (Å²) in [6, 6.07) is 16.5. The van der Waals surface area contributed by atoms with E-state index in [0.29, 0.717) is 4.77 Å². The van der Waals surface area contributed by atoms with Crippen LogP contribution < -0.4 is 0 Å². The van der Waals surface area contributed by atoms with Gasteiger partial charge in [0.25, 0.3) is 0 Å². The molecule has 4 rings (SSSR count). The molecule has 0 bridgehead atoms. The number of aryl methyl sites for hydroxylation is 1. The molecular weight excluding hydrogens is 278 g/mol. The summed E-state index contributed by atoms with van der Waals surface area (Å²) in [4.78, 5) is 7.63. The first-order valence-corrected chi connectivity index (χ1v) is 7.20. The topological polar surface area (TPSA) is 33.6 Å². The highest BCUT2D eigenvalue weighted by Gasteiger charge is 2.07. The van der Waals surface area contributed by atoms with Crippen LogP contribution >= 0.6 is 12.2 Å². The minimum Gasteiger partial charge on any atom is -0.330 e. The van der Waals surface area contributed by atoms with Crippen molar-refractivity contribution in [1.29, 1.82) is 0 Å². The lowest BCUT2D eigenvalue weighted by molar-refractivity contribution is 1.07. The minimum atomic E-state index is 0.707. The summed E-state index contributed by atoms with van der Waals surface area (Å²) < 4.78 is 2.77. The monoisotopic (exact) mass is 291 g/mol. The summed E-state index contributed by atoms with van der Waals surface area (Å²) in [6.07, 6.45) is 1.81. The number of nitrogens with one attached hydrogen (secondary N) is 1. The molecule has 0 aliphatic heterocycles. The zero-order valence-electron chi connectivity index (χ0n) is 11.5. The zero-order chi connectivity index (χ0) is 14.4. The fourth-order valence-electron chi connectivity index (χ4n) is 2.68. The number of hydrogen-bond donors (Lipinski definition) is 1. The molecule has 0 fully saturated rings. The van der Waals surface area contributed by atoms with Gasteiger partial charge in [0, 0.05) is 17.3 Å². The summed E-state index contributed by atoms with van der Waals surface area (Å²) >= 11 is 5.49. The Morgan fingerprint density at radius 2 is 2.00 bits per heavy atom. The number of fused-ring (bicyclic) bond motifs is 2. The molecule has 0 amide bonds. The average molecular weight is 291 g/mol. The molecule has 4 aromatic rings. The molecule has 4 heteroatoms. The standard InChI is InChI=1S/C17H13N3S/c1-11-4-7-16-15(9-11)19-17(21)20(16)13-5-6-14-12(10-13)3-2-8-18-14/h2-10H,1H3,(H,19,21). The van der Waals surface area contributed by atoms with Crippen molar-refractivity contribution in [2.45, 2.75) is 6.92 Å². The van der Waals surface area contributed by atoms with Crippen LogP contribution in [0.3, 0.4) is 0 Å². The number of benzene rings is 2. The van der Waals surface area contributed by atoms with Gasteiger partial charge in [0.15, 0.2) is 4.77 Å². The predicted octanol–water partition coefficient (Wildman–Crippen LogP) is 4.54. The SMILES string of the molecule is Cc1ccc2c(c1)[nH]c(=S)n2-c1ccc2ncccc2c1. The molecule has 0 unspecified atom stereocenters. The van der Waals surface area contributed by atoms with E-state index in [1.54, 1.807) is 0 Å². The van der Waals surface area contributed by atoms with Crippen molar-refractivity contribution in [2.75, 3.05) is 0 Å². The normalized spacial score (nSPS) is 11.3.